The normalized spacial score (nSPS) is 11.4. The highest BCUT2D eigenvalue weighted by molar-refractivity contribution is 5.96. The van der Waals surface area contributed by atoms with Gasteiger partial charge in [-0.25, -0.2) is 0 Å². The maximum absolute atomic E-state index is 13.4. The number of pyridine rings is 2. The van der Waals surface area contributed by atoms with Crippen molar-refractivity contribution in [1.82, 2.24) is 35.1 Å². The summed E-state index contributed by atoms with van der Waals surface area (Å²) >= 11 is 0. The largest absolute Gasteiger partial charge is 0.453 e. The number of tetrazole rings is 1. The van der Waals surface area contributed by atoms with Crippen molar-refractivity contribution in [2.24, 2.45) is 7.05 Å². The fraction of sp³-hybridized carbons (Fsp3) is 0.182. The number of hydrogen-bond acceptors (Lipinski definition) is 6. The number of halogens is 3. The van der Waals surface area contributed by atoms with Crippen LogP contribution in [0.4, 0.5) is 13.2 Å². The van der Waals surface area contributed by atoms with Crippen LogP contribution < -0.4 is 10.9 Å². The third kappa shape index (κ3) is 4.85. The smallest absolute Gasteiger partial charge is 0.348 e. The molecule has 0 spiro atoms. The standard InChI is InChI=1S/C22H18F3N7O2/c1-13-3-4-18(26-11-13)15-8-16(20(34)27-12-14-5-6-31(2)19(33)7-14)10-17(9-15)32-21(22(23,24)25)28-29-30-32/h3-11H,12H2,1-2H3,(H,27,34). The monoisotopic (exact) mass is 469 g/mol. The van der Waals surface area contributed by atoms with Crippen molar-refractivity contribution < 1.29 is 18.0 Å². The van der Waals surface area contributed by atoms with Gasteiger partial charge >= 0.3 is 6.18 Å². The van der Waals surface area contributed by atoms with Crippen LogP contribution >= 0.6 is 0 Å². The molecule has 4 rings (SSSR count). The summed E-state index contributed by atoms with van der Waals surface area (Å²) in [6, 6.07) is 10.7. The van der Waals surface area contributed by atoms with Gasteiger partial charge in [0, 0.05) is 43.2 Å². The van der Waals surface area contributed by atoms with Gasteiger partial charge < -0.3 is 9.88 Å². The molecule has 0 unspecified atom stereocenters. The first-order chi connectivity index (χ1) is 16.1. The highest BCUT2D eigenvalue weighted by Crippen LogP contribution is 2.30. The number of nitrogens with zero attached hydrogens (tertiary/aromatic N) is 6. The first-order valence-corrected chi connectivity index (χ1v) is 9.99. The van der Waals surface area contributed by atoms with Crippen molar-refractivity contribution in [1.29, 1.82) is 0 Å². The third-order valence-corrected chi connectivity index (χ3v) is 4.98. The molecule has 0 saturated carbocycles. The van der Waals surface area contributed by atoms with E-state index in [1.165, 1.54) is 28.8 Å². The van der Waals surface area contributed by atoms with Crippen molar-refractivity contribution in [3.05, 3.63) is 87.7 Å². The fourth-order valence-electron chi connectivity index (χ4n) is 3.17. The van der Waals surface area contributed by atoms with Gasteiger partial charge in [-0.2, -0.15) is 17.9 Å². The fourth-order valence-corrected chi connectivity index (χ4v) is 3.17. The molecule has 34 heavy (non-hydrogen) atoms. The zero-order valence-electron chi connectivity index (χ0n) is 18.0. The summed E-state index contributed by atoms with van der Waals surface area (Å²) in [5, 5.41) is 12.3. The van der Waals surface area contributed by atoms with Crippen LogP contribution in [0, 0.1) is 6.92 Å². The second-order valence-electron chi connectivity index (χ2n) is 7.57. The van der Waals surface area contributed by atoms with Crippen LogP contribution in [0.2, 0.25) is 0 Å². The van der Waals surface area contributed by atoms with Crippen LogP contribution in [0.15, 0.2) is 59.7 Å². The summed E-state index contributed by atoms with van der Waals surface area (Å²) < 4.78 is 42.1. The Morgan fingerprint density at radius 1 is 1.12 bits per heavy atom. The van der Waals surface area contributed by atoms with Gasteiger partial charge in [-0.05, 0) is 58.8 Å². The molecule has 0 aliphatic heterocycles. The van der Waals surface area contributed by atoms with E-state index >= 15 is 0 Å². The Morgan fingerprint density at radius 3 is 2.59 bits per heavy atom. The third-order valence-electron chi connectivity index (χ3n) is 4.98. The molecule has 0 bridgehead atoms. The first kappa shape index (κ1) is 22.8. The lowest BCUT2D eigenvalue weighted by atomic mass is 10.0. The number of rotatable bonds is 5. The molecule has 0 atom stereocenters. The van der Waals surface area contributed by atoms with Gasteiger partial charge in [-0.1, -0.05) is 6.07 Å². The molecule has 1 aromatic carbocycles. The summed E-state index contributed by atoms with van der Waals surface area (Å²) in [6.45, 7) is 1.90. The molecule has 0 radical (unpaired) electrons. The summed E-state index contributed by atoms with van der Waals surface area (Å²) in [7, 11) is 1.60. The second kappa shape index (κ2) is 8.89. The predicted octanol–water partition coefficient (Wildman–Crippen LogP) is 2.68. The van der Waals surface area contributed by atoms with E-state index in [-0.39, 0.29) is 23.4 Å². The lowest BCUT2D eigenvalue weighted by Gasteiger charge is -2.12. The maximum atomic E-state index is 13.4. The van der Waals surface area contributed by atoms with Crippen LogP contribution in [0.3, 0.4) is 0 Å². The first-order valence-electron chi connectivity index (χ1n) is 9.99. The Hall–Kier alpha value is -4.35. The van der Waals surface area contributed by atoms with E-state index in [1.54, 1.807) is 37.6 Å². The number of aromatic nitrogens is 6. The van der Waals surface area contributed by atoms with E-state index in [0.717, 1.165) is 5.56 Å². The molecule has 1 amide bonds. The minimum atomic E-state index is -4.80. The van der Waals surface area contributed by atoms with Crippen molar-refractivity contribution in [2.75, 3.05) is 0 Å². The molecule has 3 aromatic heterocycles. The zero-order valence-corrected chi connectivity index (χ0v) is 18.0. The van der Waals surface area contributed by atoms with Crippen molar-refractivity contribution in [3.63, 3.8) is 0 Å². The number of benzene rings is 1. The molecule has 3 heterocycles. The lowest BCUT2D eigenvalue weighted by molar-refractivity contribution is -0.146. The van der Waals surface area contributed by atoms with Crippen LogP contribution in [0.1, 0.15) is 27.3 Å². The number of amides is 1. The van der Waals surface area contributed by atoms with E-state index in [4.69, 9.17) is 0 Å². The van der Waals surface area contributed by atoms with Gasteiger partial charge in [0.25, 0.3) is 17.3 Å². The zero-order chi connectivity index (χ0) is 24.5. The van der Waals surface area contributed by atoms with Gasteiger partial charge in [-0.15, -0.1) is 5.10 Å². The SMILES string of the molecule is Cc1ccc(-c2cc(C(=O)NCc3ccn(C)c(=O)c3)cc(-n3nnnc3C(F)(F)F)c2)nc1. The number of carbonyl (C=O) groups is 1. The molecule has 0 aliphatic rings. The van der Waals surface area contributed by atoms with Crippen molar-refractivity contribution in [3.8, 4) is 16.9 Å². The predicted molar refractivity (Wildman–Crippen MR) is 115 cm³/mol. The van der Waals surface area contributed by atoms with Gasteiger partial charge in [0.1, 0.15) is 0 Å². The number of alkyl halides is 3. The van der Waals surface area contributed by atoms with Gasteiger partial charge in [-0.3, -0.25) is 14.6 Å². The molecule has 12 heteroatoms. The summed E-state index contributed by atoms with van der Waals surface area (Å²) in [5.74, 6) is -1.88. The van der Waals surface area contributed by atoms with E-state index < -0.39 is 17.9 Å². The number of aryl methyl sites for hydroxylation is 2. The number of carbonyl (C=O) groups excluding carboxylic acids is 1. The molecule has 9 nitrogen and oxygen atoms in total. The molecule has 174 valence electrons. The topological polar surface area (TPSA) is 108 Å². The number of hydrogen-bond donors (Lipinski definition) is 1. The van der Waals surface area contributed by atoms with Crippen LogP contribution in [-0.4, -0.2) is 35.7 Å². The maximum Gasteiger partial charge on any atom is 0.453 e. The van der Waals surface area contributed by atoms with Crippen molar-refractivity contribution in [2.45, 2.75) is 19.6 Å². The second-order valence-corrected chi connectivity index (χ2v) is 7.57. The molecule has 0 saturated heterocycles. The minimum Gasteiger partial charge on any atom is -0.348 e. The summed E-state index contributed by atoms with van der Waals surface area (Å²) in [4.78, 5) is 29.0. The van der Waals surface area contributed by atoms with Gasteiger partial charge in [0.05, 0.1) is 11.4 Å². The van der Waals surface area contributed by atoms with E-state index in [1.807, 2.05) is 6.92 Å². The molecular weight excluding hydrogens is 451 g/mol. The summed E-state index contributed by atoms with van der Waals surface area (Å²) in [6.07, 6.45) is -1.62. The van der Waals surface area contributed by atoms with Gasteiger partial charge in [0.15, 0.2) is 0 Å². The summed E-state index contributed by atoms with van der Waals surface area (Å²) in [5.41, 5.74) is 2.10. The Kier molecular flexibility index (Phi) is 5.97. The molecule has 4 aromatic rings. The minimum absolute atomic E-state index is 0.0515. The average molecular weight is 469 g/mol. The highest BCUT2D eigenvalue weighted by Gasteiger charge is 2.38. The molecule has 1 N–H and O–H groups in total. The van der Waals surface area contributed by atoms with E-state index in [0.29, 0.717) is 21.5 Å². The Balaban J connectivity index is 1.73. The van der Waals surface area contributed by atoms with Crippen LogP contribution in [-0.2, 0) is 19.8 Å². The molecule has 0 aliphatic carbocycles. The van der Waals surface area contributed by atoms with Gasteiger partial charge in [0.2, 0.25) is 0 Å². The quantitative estimate of drug-likeness (QED) is 0.482. The molecular formula is C22H18F3N7O2. The van der Waals surface area contributed by atoms with Crippen LogP contribution in [0.25, 0.3) is 16.9 Å². The molecule has 0 fully saturated rings. The number of nitrogens with one attached hydrogen (secondary N) is 1. The van der Waals surface area contributed by atoms with Crippen LogP contribution in [0.5, 0.6) is 0 Å². The van der Waals surface area contributed by atoms with Crippen molar-refractivity contribution >= 4 is 5.91 Å². The average Bonchev–Trinajstić information content (AvgIpc) is 3.31. The van der Waals surface area contributed by atoms with E-state index in [2.05, 4.69) is 25.8 Å². The Labute approximate surface area is 190 Å². The Morgan fingerprint density at radius 2 is 1.91 bits per heavy atom. The highest BCUT2D eigenvalue weighted by atomic mass is 19.4. The lowest BCUT2D eigenvalue weighted by Crippen LogP contribution is -2.25. The van der Waals surface area contributed by atoms with E-state index in [9.17, 15) is 22.8 Å². The Bertz CT molecular complexity index is 1410.